The summed E-state index contributed by atoms with van der Waals surface area (Å²) in [6, 6.07) is 4.07. The minimum atomic E-state index is -1.24. The number of carboxylic acids is 1. The van der Waals surface area contributed by atoms with E-state index in [-0.39, 0.29) is 22.1 Å². The highest BCUT2D eigenvalue weighted by molar-refractivity contribution is 6.31. The van der Waals surface area contributed by atoms with Gasteiger partial charge < -0.3 is 10.4 Å². The fraction of sp³-hybridized carbons (Fsp3) is 0.154. The molecule has 0 saturated heterocycles. The zero-order valence-corrected chi connectivity index (χ0v) is 12.5. The van der Waals surface area contributed by atoms with E-state index in [4.69, 9.17) is 16.7 Å². The zero-order chi connectivity index (χ0) is 17.1. The van der Waals surface area contributed by atoms with Gasteiger partial charge in [0.1, 0.15) is 17.4 Å². The molecule has 0 aliphatic heterocycles. The molecule has 1 atom stereocenters. The van der Waals surface area contributed by atoms with Gasteiger partial charge in [-0.2, -0.15) is 5.10 Å². The molecule has 1 heterocycles. The Morgan fingerprint density at radius 1 is 1.43 bits per heavy atom. The van der Waals surface area contributed by atoms with E-state index < -0.39 is 22.8 Å². The number of halogens is 1. The van der Waals surface area contributed by atoms with Crippen LogP contribution in [0, 0.1) is 10.1 Å². The summed E-state index contributed by atoms with van der Waals surface area (Å²) >= 11 is 5.70. The Labute approximate surface area is 134 Å². The van der Waals surface area contributed by atoms with Gasteiger partial charge in [-0.15, -0.1) is 0 Å². The van der Waals surface area contributed by atoms with E-state index in [1.807, 2.05) is 0 Å². The fourth-order valence-electron chi connectivity index (χ4n) is 1.90. The monoisotopic (exact) mass is 338 g/mol. The van der Waals surface area contributed by atoms with Crippen molar-refractivity contribution in [3.05, 3.63) is 51.3 Å². The molecule has 1 unspecified atom stereocenters. The molecule has 0 fully saturated rings. The van der Waals surface area contributed by atoms with Crippen LogP contribution in [0.25, 0.3) is 0 Å². The number of carbonyl (C=O) groups excluding carboxylic acids is 1. The highest BCUT2D eigenvalue weighted by Crippen LogP contribution is 2.28. The molecule has 23 heavy (non-hydrogen) atoms. The molecule has 0 aliphatic rings. The number of nitro benzene ring substituents is 1. The summed E-state index contributed by atoms with van der Waals surface area (Å²) in [5, 5.41) is 26.4. The number of amides is 1. The molecule has 0 saturated carbocycles. The van der Waals surface area contributed by atoms with Crippen LogP contribution >= 0.6 is 11.6 Å². The van der Waals surface area contributed by atoms with Gasteiger partial charge in [0.15, 0.2) is 0 Å². The van der Waals surface area contributed by atoms with E-state index in [0.29, 0.717) is 0 Å². The molecule has 2 aromatic rings. The first-order chi connectivity index (χ1) is 10.8. The molecule has 120 valence electrons. The van der Waals surface area contributed by atoms with Crippen molar-refractivity contribution in [3.63, 3.8) is 0 Å². The molecule has 1 aromatic carbocycles. The zero-order valence-electron chi connectivity index (χ0n) is 11.8. The van der Waals surface area contributed by atoms with Crippen LogP contribution in [-0.2, 0) is 4.79 Å². The van der Waals surface area contributed by atoms with Gasteiger partial charge in [-0.05, 0) is 25.1 Å². The van der Waals surface area contributed by atoms with Crippen molar-refractivity contribution in [1.29, 1.82) is 0 Å². The number of aromatic nitrogens is 2. The minimum Gasteiger partial charge on any atom is -0.477 e. The highest BCUT2D eigenvalue weighted by Gasteiger charge is 2.24. The third-order valence-corrected chi connectivity index (χ3v) is 3.29. The summed E-state index contributed by atoms with van der Waals surface area (Å²) in [4.78, 5) is 33.6. The van der Waals surface area contributed by atoms with Crippen LogP contribution in [0.15, 0.2) is 30.5 Å². The largest absolute Gasteiger partial charge is 0.477 e. The van der Waals surface area contributed by atoms with Gasteiger partial charge in [0, 0.05) is 17.3 Å². The third kappa shape index (κ3) is 3.46. The number of hydrogen-bond donors (Lipinski definition) is 2. The second-order valence-corrected chi connectivity index (χ2v) is 4.99. The molecule has 0 radical (unpaired) electrons. The van der Waals surface area contributed by atoms with Crippen LogP contribution in [0.1, 0.15) is 23.5 Å². The molecular weight excluding hydrogens is 328 g/mol. The van der Waals surface area contributed by atoms with E-state index in [0.717, 1.165) is 10.7 Å². The Bertz CT molecular complexity index is 788. The predicted molar refractivity (Wildman–Crippen MR) is 80.6 cm³/mol. The Kier molecular flexibility index (Phi) is 4.60. The van der Waals surface area contributed by atoms with Crippen molar-refractivity contribution in [3.8, 4) is 0 Å². The second kappa shape index (κ2) is 6.44. The fourth-order valence-corrected chi connectivity index (χ4v) is 2.07. The van der Waals surface area contributed by atoms with Crippen molar-refractivity contribution in [2.45, 2.75) is 13.0 Å². The number of rotatable bonds is 5. The van der Waals surface area contributed by atoms with Gasteiger partial charge in [0.05, 0.1) is 4.92 Å². The number of nitrogens with one attached hydrogen (secondary N) is 1. The lowest BCUT2D eigenvalue weighted by Gasteiger charge is -2.14. The Hall–Kier alpha value is -2.94. The molecule has 1 aromatic heterocycles. The molecule has 1 amide bonds. The molecule has 2 N–H and O–H groups in total. The summed E-state index contributed by atoms with van der Waals surface area (Å²) in [7, 11) is 0. The molecule has 0 spiro atoms. The molecular formula is C13H11ClN4O5. The first kappa shape index (κ1) is 16.4. The number of nitro groups is 1. The summed E-state index contributed by atoms with van der Waals surface area (Å²) in [6.45, 7) is 1.43. The number of nitrogens with zero attached hydrogens (tertiary/aromatic N) is 3. The Morgan fingerprint density at radius 2 is 2.13 bits per heavy atom. The standard InChI is InChI=1S/C13H11ClN4O5/c1-7(17-10(13(20)21)4-5-15-17)12(19)16-9-3-2-8(14)6-11(9)18(22)23/h2-7H,1H3,(H,16,19)(H,20,21). The van der Waals surface area contributed by atoms with Crippen molar-refractivity contribution >= 4 is 34.9 Å². The van der Waals surface area contributed by atoms with Gasteiger partial charge in [-0.25, -0.2) is 9.48 Å². The van der Waals surface area contributed by atoms with Crippen LogP contribution in [0.4, 0.5) is 11.4 Å². The number of hydrogen-bond acceptors (Lipinski definition) is 5. The van der Waals surface area contributed by atoms with Crippen LogP contribution in [-0.4, -0.2) is 31.7 Å². The van der Waals surface area contributed by atoms with Crippen LogP contribution in [0.5, 0.6) is 0 Å². The van der Waals surface area contributed by atoms with Gasteiger partial charge in [-0.3, -0.25) is 14.9 Å². The number of carbonyl (C=O) groups is 2. The first-order valence-electron chi connectivity index (χ1n) is 6.33. The van der Waals surface area contributed by atoms with Crippen LogP contribution in [0.2, 0.25) is 5.02 Å². The minimum absolute atomic E-state index is 0.0414. The SMILES string of the molecule is CC(C(=O)Nc1ccc(Cl)cc1[N+](=O)[O-])n1nccc1C(=O)O. The molecule has 9 nitrogen and oxygen atoms in total. The Balaban J connectivity index is 2.27. The summed E-state index contributed by atoms with van der Waals surface area (Å²) < 4.78 is 1.01. The topological polar surface area (TPSA) is 127 Å². The molecule has 0 aliphatic carbocycles. The van der Waals surface area contributed by atoms with Gasteiger partial charge >= 0.3 is 5.97 Å². The number of anilines is 1. The van der Waals surface area contributed by atoms with E-state index in [1.54, 1.807) is 0 Å². The average molecular weight is 339 g/mol. The van der Waals surface area contributed by atoms with Crippen molar-refractivity contribution in [2.24, 2.45) is 0 Å². The highest BCUT2D eigenvalue weighted by atomic mass is 35.5. The van der Waals surface area contributed by atoms with E-state index in [9.17, 15) is 19.7 Å². The maximum Gasteiger partial charge on any atom is 0.354 e. The first-order valence-corrected chi connectivity index (χ1v) is 6.70. The summed E-state index contributed by atoms with van der Waals surface area (Å²) in [5.41, 5.74) is -0.574. The van der Waals surface area contributed by atoms with Gasteiger partial charge in [0.2, 0.25) is 5.91 Å². The van der Waals surface area contributed by atoms with Gasteiger partial charge in [-0.1, -0.05) is 11.6 Å². The van der Waals surface area contributed by atoms with Crippen LogP contribution < -0.4 is 5.32 Å². The van der Waals surface area contributed by atoms with Crippen molar-refractivity contribution in [1.82, 2.24) is 9.78 Å². The third-order valence-electron chi connectivity index (χ3n) is 3.05. The normalized spacial score (nSPS) is 11.7. The number of carboxylic acid groups (broad SMARTS) is 1. The molecule has 0 bridgehead atoms. The Morgan fingerprint density at radius 3 is 2.74 bits per heavy atom. The quantitative estimate of drug-likeness (QED) is 0.636. The van der Waals surface area contributed by atoms with E-state index in [2.05, 4.69) is 10.4 Å². The van der Waals surface area contributed by atoms with Gasteiger partial charge in [0.25, 0.3) is 5.69 Å². The lowest BCUT2D eigenvalue weighted by molar-refractivity contribution is -0.383. The maximum absolute atomic E-state index is 12.2. The van der Waals surface area contributed by atoms with E-state index >= 15 is 0 Å². The maximum atomic E-state index is 12.2. The molecule has 10 heteroatoms. The predicted octanol–water partition coefficient (Wildman–Crippen LogP) is 2.34. The summed E-state index contributed by atoms with van der Waals surface area (Å²) in [5.74, 6) is -1.89. The number of benzene rings is 1. The second-order valence-electron chi connectivity index (χ2n) is 4.55. The van der Waals surface area contributed by atoms with Crippen LogP contribution in [0.3, 0.4) is 0 Å². The average Bonchev–Trinajstić information content (AvgIpc) is 2.97. The van der Waals surface area contributed by atoms with Crippen molar-refractivity contribution < 1.29 is 19.6 Å². The smallest absolute Gasteiger partial charge is 0.354 e. The lowest BCUT2D eigenvalue weighted by Crippen LogP contribution is -2.27. The van der Waals surface area contributed by atoms with E-state index in [1.165, 1.54) is 31.3 Å². The summed E-state index contributed by atoms with van der Waals surface area (Å²) in [6.07, 6.45) is 1.25. The number of aromatic carboxylic acids is 1. The van der Waals surface area contributed by atoms with Crippen molar-refractivity contribution in [2.75, 3.05) is 5.32 Å². The lowest BCUT2D eigenvalue weighted by atomic mass is 10.2. The molecule has 2 rings (SSSR count).